The van der Waals surface area contributed by atoms with Gasteiger partial charge in [-0.1, -0.05) is 29.8 Å². The lowest BCUT2D eigenvalue weighted by molar-refractivity contribution is -0.526. The van der Waals surface area contributed by atoms with E-state index in [0.29, 0.717) is 26.6 Å². The number of nitrogens with zero attached hydrogens (tertiary/aromatic N) is 3. The first-order chi connectivity index (χ1) is 13.3. The standard InChI is InChI=1S/C20H20ClN3O4.ClH/c1-12(25)23(3)19-20(28-13(2)26)24(27)18(14-7-5-4-6-8-14)16-11-15(21)9-10-17(16)22-19;/h4-12,20,25H,1-3H3;1H. The van der Waals surface area contributed by atoms with E-state index in [9.17, 15) is 15.1 Å². The number of hydrogen-bond donors (Lipinski definition) is 1. The minimum Gasteiger partial charge on any atom is -0.620 e. The van der Waals surface area contributed by atoms with E-state index in [1.54, 1.807) is 49.5 Å². The molecule has 154 valence electrons. The molecule has 3 rings (SSSR count). The predicted molar refractivity (Wildman–Crippen MR) is 114 cm³/mol. The highest BCUT2D eigenvalue weighted by molar-refractivity contribution is 6.31. The zero-order valence-corrected chi connectivity index (χ0v) is 17.6. The summed E-state index contributed by atoms with van der Waals surface area (Å²) in [5, 5.41) is 23.9. The number of hydroxylamine groups is 1. The molecule has 2 atom stereocenters. The molecule has 0 amide bonds. The maximum atomic E-state index is 13.5. The van der Waals surface area contributed by atoms with Crippen molar-refractivity contribution in [2.24, 2.45) is 4.99 Å². The van der Waals surface area contributed by atoms with Gasteiger partial charge in [0.05, 0.1) is 11.3 Å². The molecule has 2 unspecified atom stereocenters. The van der Waals surface area contributed by atoms with E-state index in [1.807, 2.05) is 6.07 Å². The van der Waals surface area contributed by atoms with Gasteiger partial charge in [0.15, 0.2) is 0 Å². The van der Waals surface area contributed by atoms with Crippen LogP contribution in [0.5, 0.6) is 0 Å². The zero-order valence-electron chi connectivity index (χ0n) is 16.1. The normalized spacial score (nSPS) is 16.7. The molecule has 29 heavy (non-hydrogen) atoms. The van der Waals surface area contributed by atoms with Crippen LogP contribution in [-0.4, -0.2) is 51.8 Å². The largest absolute Gasteiger partial charge is 0.620 e. The van der Waals surface area contributed by atoms with Gasteiger partial charge in [-0.3, -0.25) is 4.79 Å². The molecule has 0 aromatic heterocycles. The molecular formula is C20H21Cl2N3O4. The second-order valence-electron chi connectivity index (χ2n) is 6.38. The van der Waals surface area contributed by atoms with Gasteiger partial charge in [-0.05, 0) is 37.3 Å². The highest BCUT2D eigenvalue weighted by Crippen LogP contribution is 2.30. The number of likely N-dealkylation sites (N-methyl/N-ethyl adjacent to an activating group) is 1. The summed E-state index contributed by atoms with van der Waals surface area (Å²) < 4.78 is 5.91. The summed E-state index contributed by atoms with van der Waals surface area (Å²) in [6.45, 7) is 2.74. The lowest BCUT2D eigenvalue weighted by Crippen LogP contribution is -2.48. The van der Waals surface area contributed by atoms with Crippen molar-refractivity contribution in [1.29, 1.82) is 0 Å². The maximum absolute atomic E-state index is 13.5. The summed E-state index contributed by atoms with van der Waals surface area (Å²) in [7, 11) is 1.57. The zero-order chi connectivity index (χ0) is 20.4. The van der Waals surface area contributed by atoms with Gasteiger partial charge in [0.1, 0.15) is 6.23 Å². The van der Waals surface area contributed by atoms with Crippen LogP contribution in [0.1, 0.15) is 25.0 Å². The number of fused-ring (bicyclic) bond motifs is 1. The van der Waals surface area contributed by atoms with Crippen molar-refractivity contribution in [3.63, 3.8) is 0 Å². The molecule has 0 spiro atoms. The van der Waals surface area contributed by atoms with Gasteiger partial charge in [0.2, 0.25) is 11.5 Å². The average Bonchev–Trinajstić information content (AvgIpc) is 2.76. The van der Waals surface area contributed by atoms with Gasteiger partial charge in [-0.2, -0.15) is 4.74 Å². The third kappa shape index (κ3) is 4.70. The Morgan fingerprint density at radius 3 is 2.55 bits per heavy atom. The molecular weight excluding hydrogens is 417 g/mol. The Bertz CT molecular complexity index is 961. The number of halogens is 2. The van der Waals surface area contributed by atoms with Crippen LogP contribution in [0.2, 0.25) is 5.02 Å². The number of rotatable bonds is 3. The first kappa shape index (κ1) is 22.7. The van der Waals surface area contributed by atoms with Crippen molar-refractivity contribution in [2.45, 2.75) is 26.3 Å². The fraction of sp³-hybridized carbons (Fsp3) is 0.250. The monoisotopic (exact) mass is 437 g/mol. The molecule has 0 aliphatic carbocycles. The van der Waals surface area contributed by atoms with Crippen molar-refractivity contribution in [3.05, 3.63) is 69.9 Å². The van der Waals surface area contributed by atoms with Gasteiger partial charge < -0.3 is 20.0 Å². The molecule has 0 radical (unpaired) electrons. The molecule has 7 nitrogen and oxygen atoms in total. The summed E-state index contributed by atoms with van der Waals surface area (Å²) in [5.41, 5.74) is 1.86. The van der Waals surface area contributed by atoms with E-state index in [-0.39, 0.29) is 24.0 Å². The second-order valence-corrected chi connectivity index (χ2v) is 6.81. The first-order valence-corrected chi connectivity index (χ1v) is 9.02. The van der Waals surface area contributed by atoms with Gasteiger partial charge in [0.25, 0.3) is 0 Å². The van der Waals surface area contributed by atoms with Gasteiger partial charge in [-0.15, -0.1) is 12.4 Å². The molecule has 0 saturated heterocycles. The van der Waals surface area contributed by atoms with E-state index >= 15 is 0 Å². The SMILES string of the molecule is CC(=O)OC1C(N(C)C(C)O)=Nc2ccc(Cl)cc2C(c2ccccc2)=[N+]1[O-].Cl. The van der Waals surface area contributed by atoms with Crippen LogP contribution < -0.4 is 0 Å². The van der Waals surface area contributed by atoms with Crippen molar-refractivity contribution < 1.29 is 19.4 Å². The number of aliphatic hydroxyl groups excluding tert-OH is 1. The second kappa shape index (κ2) is 9.26. The average molecular weight is 438 g/mol. The Morgan fingerprint density at radius 1 is 1.31 bits per heavy atom. The Kier molecular flexibility index (Phi) is 7.24. The number of hydrogen-bond acceptors (Lipinski definition) is 6. The molecule has 0 bridgehead atoms. The van der Waals surface area contributed by atoms with Crippen LogP contribution >= 0.6 is 24.0 Å². The third-order valence-corrected chi connectivity index (χ3v) is 4.58. The van der Waals surface area contributed by atoms with Crippen LogP contribution in [0, 0.1) is 5.21 Å². The number of aliphatic hydroxyl groups is 1. The van der Waals surface area contributed by atoms with E-state index in [0.717, 1.165) is 0 Å². The molecule has 1 aliphatic heterocycles. The Balaban J connectivity index is 0.00000300. The number of amidine groups is 1. The molecule has 1 heterocycles. The number of carbonyl (C=O) groups excluding carboxylic acids is 1. The number of esters is 1. The minimum absolute atomic E-state index is 0. The van der Waals surface area contributed by atoms with Gasteiger partial charge >= 0.3 is 12.2 Å². The topological polar surface area (TPSA) is 88.2 Å². The Hall–Kier alpha value is -2.61. The first-order valence-electron chi connectivity index (χ1n) is 8.65. The van der Waals surface area contributed by atoms with Crippen molar-refractivity contribution >= 4 is 47.2 Å². The molecule has 0 fully saturated rings. The van der Waals surface area contributed by atoms with E-state index in [4.69, 9.17) is 16.3 Å². The molecule has 0 saturated carbocycles. The molecule has 2 aromatic rings. The smallest absolute Gasteiger partial charge is 0.369 e. The van der Waals surface area contributed by atoms with Crippen LogP contribution in [0.15, 0.2) is 53.5 Å². The van der Waals surface area contributed by atoms with Gasteiger partial charge in [0, 0.05) is 24.6 Å². The van der Waals surface area contributed by atoms with E-state index in [1.165, 1.54) is 18.7 Å². The van der Waals surface area contributed by atoms with Crippen LogP contribution in [0.3, 0.4) is 0 Å². The van der Waals surface area contributed by atoms with Crippen LogP contribution in [0.25, 0.3) is 0 Å². The quantitative estimate of drug-likeness (QED) is 0.344. The van der Waals surface area contributed by atoms with Crippen LogP contribution in [0.4, 0.5) is 5.69 Å². The highest BCUT2D eigenvalue weighted by Gasteiger charge is 2.38. The third-order valence-electron chi connectivity index (χ3n) is 4.35. The van der Waals surface area contributed by atoms with E-state index in [2.05, 4.69) is 4.99 Å². The number of benzene rings is 2. The lowest BCUT2D eigenvalue weighted by Gasteiger charge is -2.27. The number of carbonyl (C=O) groups is 1. The lowest BCUT2D eigenvalue weighted by atomic mass is 10.0. The summed E-state index contributed by atoms with van der Waals surface area (Å²) in [5.74, 6) is -0.538. The minimum atomic E-state index is -1.38. The Labute approximate surface area is 179 Å². The summed E-state index contributed by atoms with van der Waals surface area (Å²) >= 11 is 6.18. The number of aliphatic imine (C=N–C) groups is 1. The van der Waals surface area contributed by atoms with Crippen LogP contribution in [-0.2, 0) is 9.53 Å². The molecule has 1 N–H and O–H groups in total. The fourth-order valence-corrected chi connectivity index (χ4v) is 3.07. The van der Waals surface area contributed by atoms with Crippen molar-refractivity contribution in [1.82, 2.24) is 4.90 Å². The van der Waals surface area contributed by atoms with Crippen molar-refractivity contribution in [3.8, 4) is 0 Å². The fourth-order valence-electron chi connectivity index (χ4n) is 2.90. The molecule has 9 heteroatoms. The summed E-state index contributed by atoms with van der Waals surface area (Å²) in [4.78, 5) is 17.6. The molecule has 2 aromatic carbocycles. The number of ether oxygens (including phenoxy) is 1. The van der Waals surface area contributed by atoms with E-state index < -0.39 is 18.4 Å². The summed E-state index contributed by atoms with van der Waals surface area (Å²) in [6.07, 6.45) is -2.34. The summed E-state index contributed by atoms with van der Waals surface area (Å²) in [6, 6.07) is 14.0. The maximum Gasteiger partial charge on any atom is 0.369 e. The highest BCUT2D eigenvalue weighted by atomic mass is 35.5. The predicted octanol–water partition coefficient (Wildman–Crippen LogP) is 3.31. The Morgan fingerprint density at radius 2 is 1.97 bits per heavy atom. The molecule has 1 aliphatic rings. The van der Waals surface area contributed by atoms with Crippen molar-refractivity contribution in [2.75, 3.05) is 7.05 Å². The van der Waals surface area contributed by atoms with Gasteiger partial charge in [-0.25, -0.2) is 4.99 Å².